The van der Waals surface area contributed by atoms with Gasteiger partial charge in [0.2, 0.25) is 0 Å². The second kappa shape index (κ2) is 5.74. The van der Waals surface area contributed by atoms with Crippen molar-refractivity contribution >= 4 is 34.2 Å². The number of nitrogens with one attached hydrogen (secondary N) is 1. The first kappa shape index (κ1) is 16.2. The first-order valence-corrected chi connectivity index (χ1v) is 8.26. The number of hydrogen-bond donors (Lipinski definition) is 3. The Morgan fingerprint density at radius 2 is 2.08 bits per heavy atom. The van der Waals surface area contributed by atoms with Crippen molar-refractivity contribution < 1.29 is 9.90 Å². The third-order valence-electron chi connectivity index (χ3n) is 4.62. The minimum absolute atomic E-state index is 0.163. The highest BCUT2D eigenvalue weighted by atomic mass is 16.3. The normalized spacial score (nSPS) is 13.9. The molecule has 3 aromatic rings. The van der Waals surface area contributed by atoms with E-state index in [1.165, 1.54) is 5.57 Å². The largest absolute Gasteiger partial charge is 0.506 e. The number of aromatic hydroxyl groups is 1. The average Bonchev–Trinajstić information content (AvgIpc) is 3.05. The summed E-state index contributed by atoms with van der Waals surface area (Å²) in [6.45, 7) is 8.19. The molecule has 1 amide bonds. The molecule has 126 valence electrons. The molecule has 3 rings (SSSR count). The van der Waals surface area contributed by atoms with Crippen molar-refractivity contribution in [2.75, 3.05) is 0 Å². The number of aromatic nitrogens is 2. The molecule has 0 fully saturated rings. The maximum atomic E-state index is 12.2. The molecule has 0 radical (unpaired) electrons. The van der Waals surface area contributed by atoms with E-state index < -0.39 is 5.91 Å². The molecule has 0 saturated carbocycles. The number of aromatic amines is 1. The third kappa shape index (κ3) is 2.12. The fraction of sp³-hybridized carbons (Fsp3) is 0.316. The highest BCUT2D eigenvalue weighted by molar-refractivity contribution is 6.02. The molecule has 0 spiro atoms. The number of aryl methyl sites for hydroxylation is 1. The van der Waals surface area contributed by atoms with E-state index in [4.69, 9.17) is 5.73 Å². The van der Waals surface area contributed by atoms with Gasteiger partial charge in [-0.1, -0.05) is 26.0 Å². The molecule has 0 aliphatic heterocycles. The molecule has 0 atom stereocenters. The Morgan fingerprint density at radius 3 is 2.67 bits per heavy atom. The minimum Gasteiger partial charge on any atom is -0.506 e. The molecular formula is C19H23N3O2. The number of H-pyrrole nitrogens is 1. The molecule has 0 aliphatic rings. The van der Waals surface area contributed by atoms with Crippen LogP contribution in [-0.4, -0.2) is 20.4 Å². The Balaban J connectivity index is 2.78. The summed E-state index contributed by atoms with van der Waals surface area (Å²) in [5.74, 6) is -0.304. The van der Waals surface area contributed by atoms with E-state index in [-0.39, 0.29) is 5.75 Å². The van der Waals surface area contributed by atoms with Crippen LogP contribution in [0.15, 0.2) is 12.1 Å². The number of imidazole rings is 1. The summed E-state index contributed by atoms with van der Waals surface area (Å²) in [5, 5.41) is 12.1. The van der Waals surface area contributed by atoms with Crippen molar-refractivity contribution in [1.29, 1.82) is 0 Å². The number of phenols is 1. The zero-order valence-corrected chi connectivity index (χ0v) is 14.5. The lowest BCUT2D eigenvalue weighted by molar-refractivity contribution is 0.100. The smallest absolute Gasteiger partial charge is 0.253 e. The summed E-state index contributed by atoms with van der Waals surface area (Å²) in [4.78, 5) is 15.4. The molecule has 5 heteroatoms. The molecule has 5 nitrogen and oxygen atoms in total. The van der Waals surface area contributed by atoms with Gasteiger partial charge in [-0.3, -0.25) is 9.20 Å². The number of phenolic OH excluding ortho intramolecular Hbond substituents is 1. The Morgan fingerprint density at radius 1 is 1.38 bits per heavy atom. The van der Waals surface area contributed by atoms with Crippen molar-refractivity contribution in [2.45, 2.75) is 40.5 Å². The predicted molar refractivity (Wildman–Crippen MR) is 97.6 cm³/mol. The zero-order chi connectivity index (χ0) is 17.6. The van der Waals surface area contributed by atoms with Gasteiger partial charge < -0.3 is 15.8 Å². The van der Waals surface area contributed by atoms with Gasteiger partial charge in [-0.05, 0) is 43.9 Å². The van der Waals surface area contributed by atoms with E-state index in [1.807, 2.05) is 30.4 Å². The second-order valence-corrected chi connectivity index (χ2v) is 6.18. The monoisotopic (exact) mass is 325 g/mol. The lowest BCUT2D eigenvalue weighted by atomic mass is 10.1. The zero-order valence-electron chi connectivity index (χ0n) is 14.5. The first-order chi connectivity index (χ1) is 11.4. The molecule has 2 heterocycles. The van der Waals surface area contributed by atoms with Crippen LogP contribution in [0.2, 0.25) is 0 Å². The van der Waals surface area contributed by atoms with E-state index in [1.54, 1.807) is 6.07 Å². The number of carbonyl (C=O) groups is 1. The quantitative estimate of drug-likeness (QED) is 0.690. The van der Waals surface area contributed by atoms with E-state index in [2.05, 4.69) is 18.8 Å². The van der Waals surface area contributed by atoms with Gasteiger partial charge in [-0.2, -0.15) is 0 Å². The van der Waals surface area contributed by atoms with E-state index in [9.17, 15) is 9.90 Å². The van der Waals surface area contributed by atoms with Crippen molar-refractivity contribution in [1.82, 2.24) is 9.38 Å². The SMILES string of the molecule is CC/C=c1\c(C(N)=O)c2[nH]c3c(O)ccc(C)c3n2c1=C(C)CC. The van der Waals surface area contributed by atoms with Crippen LogP contribution in [0.3, 0.4) is 0 Å². The fourth-order valence-electron chi connectivity index (χ4n) is 3.39. The number of primary amides is 1. The molecule has 0 bridgehead atoms. The van der Waals surface area contributed by atoms with Gasteiger partial charge in [0.25, 0.3) is 5.91 Å². The van der Waals surface area contributed by atoms with Gasteiger partial charge in [-0.15, -0.1) is 0 Å². The minimum atomic E-state index is -0.467. The Bertz CT molecular complexity index is 1080. The first-order valence-electron chi connectivity index (χ1n) is 8.26. The van der Waals surface area contributed by atoms with E-state index in [0.29, 0.717) is 16.7 Å². The fourth-order valence-corrected chi connectivity index (χ4v) is 3.39. The summed E-state index contributed by atoms with van der Waals surface area (Å²) in [6.07, 6.45) is 3.71. The Hall–Kier alpha value is -2.69. The van der Waals surface area contributed by atoms with Crippen LogP contribution in [0.25, 0.3) is 28.3 Å². The van der Waals surface area contributed by atoms with Gasteiger partial charge in [0.15, 0.2) is 0 Å². The molecule has 2 aromatic heterocycles. The van der Waals surface area contributed by atoms with Crippen molar-refractivity contribution in [3.8, 4) is 5.75 Å². The number of carbonyl (C=O) groups excluding carboxylic acids is 1. The van der Waals surface area contributed by atoms with Crippen LogP contribution in [0.4, 0.5) is 0 Å². The number of rotatable bonds is 3. The summed E-state index contributed by atoms with van der Waals surface area (Å²) < 4.78 is 2.03. The molecule has 0 saturated heterocycles. The standard InChI is InChI=1S/C19H23N3O2/c1-5-7-12-14(18(20)24)19-21-15-13(23)9-8-11(4)17(15)22(19)16(12)10(3)6-2/h7-9,21,23H,5-6H2,1-4H3,(H2,20,24)/b12-7+,16-10?. The van der Waals surface area contributed by atoms with Crippen molar-refractivity contribution in [2.24, 2.45) is 5.73 Å². The Kier molecular flexibility index (Phi) is 3.87. The molecule has 0 unspecified atom stereocenters. The van der Waals surface area contributed by atoms with Crippen molar-refractivity contribution in [3.63, 3.8) is 0 Å². The number of amides is 1. The van der Waals surface area contributed by atoms with Gasteiger partial charge in [0.05, 0.1) is 16.4 Å². The summed E-state index contributed by atoms with van der Waals surface area (Å²) in [7, 11) is 0. The Labute approximate surface area is 140 Å². The van der Waals surface area contributed by atoms with Crippen LogP contribution in [0, 0.1) is 6.92 Å². The average molecular weight is 325 g/mol. The van der Waals surface area contributed by atoms with Crippen LogP contribution in [-0.2, 0) is 0 Å². The highest BCUT2D eigenvalue weighted by Crippen LogP contribution is 2.28. The topological polar surface area (TPSA) is 83.5 Å². The number of nitrogens with zero attached hydrogens (tertiary/aromatic N) is 1. The molecule has 1 aromatic carbocycles. The molecule has 0 aliphatic carbocycles. The number of nitrogens with two attached hydrogens (primary N) is 1. The van der Waals surface area contributed by atoms with Gasteiger partial charge >= 0.3 is 0 Å². The predicted octanol–water partition coefficient (Wildman–Crippen LogP) is 2.30. The van der Waals surface area contributed by atoms with E-state index in [0.717, 1.165) is 34.5 Å². The van der Waals surface area contributed by atoms with Crippen LogP contribution < -0.4 is 16.3 Å². The van der Waals surface area contributed by atoms with E-state index >= 15 is 0 Å². The molecule has 24 heavy (non-hydrogen) atoms. The van der Waals surface area contributed by atoms with Gasteiger partial charge in [0, 0.05) is 5.22 Å². The van der Waals surface area contributed by atoms with Crippen LogP contribution >= 0.6 is 0 Å². The summed E-state index contributed by atoms with van der Waals surface area (Å²) in [5.41, 5.74) is 10.5. The summed E-state index contributed by atoms with van der Waals surface area (Å²) >= 11 is 0. The summed E-state index contributed by atoms with van der Waals surface area (Å²) in [6, 6.07) is 3.54. The highest BCUT2D eigenvalue weighted by Gasteiger charge is 2.20. The van der Waals surface area contributed by atoms with Crippen molar-refractivity contribution in [3.05, 3.63) is 33.8 Å². The maximum Gasteiger partial charge on any atom is 0.253 e. The number of fused-ring (bicyclic) bond motifs is 3. The lowest BCUT2D eigenvalue weighted by Crippen LogP contribution is -2.32. The molecule has 4 N–H and O–H groups in total. The van der Waals surface area contributed by atoms with Crippen LogP contribution in [0.1, 0.15) is 49.5 Å². The van der Waals surface area contributed by atoms with Gasteiger partial charge in [-0.25, -0.2) is 0 Å². The number of hydrogen-bond acceptors (Lipinski definition) is 2. The third-order valence-corrected chi connectivity index (χ3v) is 4.62. The number of benzene rings is 1. The van der Waals surface area contributed by atoms with Gasteiger partial charge in [0.1, 0.15) is 16.9 Å². The second-order valence-electron chi connectivity index (χ2n) is 6.18. The maximum absolute atomic E-state index is 12.2. The van der Waals surface area contributed by atoms with Crippen LogP contribution in [0.5, 0.6) is 5.75 Å². The molecular weight excluding hydrogens is 302 g/mol. The lowest BCUT2D eigenvalue weighted by Gasteiger charge is -2.02.